The molecule has 1 unspecified atom stereocenters. The summed E-state index contributed by atoms with van der Waals surface area (Å²) in [4.78, 5) is 28.0. The highest BCUT2D eigenvalue weighted by Gasteiger charge is 2.47. The predicted octanol–water partition coefficient (Wildman–Crippen LogP) is 5.64. The van der Waals surface area contributed by atoms with Gasteiger partial charge in [-0.1, -0.05) is 36.4 Å². The van der Waals surface area contributed by atoms with Crippen molar-refractivity contribution >= 4 is 23.1 Å². The van der Waals surface area contributed by atoms with E-state index in [0.29, 0.717) is 29.2 Å². The summed E-state index contributed by atoms with van der Waals surface area (Å²) in [6.07, 6.45) is 0. The standard InChI is InChI=1S/C28H27NO4/c1-5-33-23-11-7-9-20(16-23)25-24(26(30)21-13-12-18(3)19(4)15-21)27(31)28(32)29(25)22-10-6-8-17(2)14-22/h6-16,25,30H,5H2,1-4H3/b26-24-. The maximum atomic E-state index is 13.3. The second-order valence-corrected chi connectivity index (χ2v) is 8.31. The molecule has 0 radical (unpaired) electrons. The fourth-order valence-corrected chi connectivity index (χ4v) is 4.18. The highest BCUT2D eigenvalue weighted by molar-refractivity contribution is 6.51. The molecule has 1 amide bonds. The van der Waals surface area contributed by atoms with Crippen LogP contribution in [0.25, 0.3) is 5.76 Å². The lowest BCUT2D eigenvalue weighted by atomic mass is 9.94. The first-order chi connectivity index (χ1) is 15.8. The molecule has 168 valence electrons. The molecule has 5 heteroatoms. The molecule has 4 rings (SSSR count). The van der Waals surface area contributed by atoms with Gasteiger partial charge in [-0.2, -0.15) is 0 Å². The Labute approximate surface area is 193 Å². The predicted molar refractivity (Wildman–Crippen MR) is 129 cm³/mol. The van der Waals surface area contributed by atoms with Crippen molar-refractivity contribution in [2.24, 2.45) is 0 Å². The minimum absolute atomic E-state index is 0.0680. The SMILES string of the molecule is CCOc1cccc(C2/C(=C(/O)c3ccc(C)c(C)c3)C(=O)C(=O)N2c2cccc(C)c2)c1. The number of aliphatic hydroxyl groups excluding tert-OH is 1. The van der Waals surface area contributed by atoms with Crippen LogP contribution >= 0.6 is 0 Å². The molecule has 1 aliphatic rings. The smallest absolute Gasteiger partial charge is 0.300 e. The van der Waals surface area contributed by atoms with Gasteiger partial charge in [0.05, 0.1) is 18.2 Å². The topological polar surface area (TPSA) is 66.8 Å². The molecule has 3 aromatic carbocycles. The Morgan fingerprint density at radius 1 is 0.939 bits per heavy atom. The van der Waals surface area contributed by atoms with E-state index < -0.39 is 17.7 Å². The summed E-state index contributed by atoms with van der Waals surface area (Å²) in [6, 6.07) is 19.5. The third-order valence-corrected chi connectivity index (χ3v) is 5.99. The molecule has 1 heterocycles. The fraction of sp³-hybridized carbons (Fsp3) is 0.214. The Morgan fingerprint density at radius 3 is 2.39 bits per heavy atom. The van der Waals surface area contributed by atoms with E-state index in [9.17, 15) is 14.7 Å². The molecule has 0 aromatic heterocycles. The molecule has 1 atom stereocenters. The zero-order valence-corrected chi connectivity index (χ0v) is 19.3. The number of rotatable bonds is 5. The zero-order chi connectivity index (χ0) is 23.7. The Kier molecular flexibility index (Phi) is 6.05. The van der Waals surface area contributed by atoms with Crippen LogP contribution < -0.4 is 9.64 Å². The molecular formula is C28H27NO4. The number of anilines is 1. The first-order valence-corrected chi connectivity index (χ1v) is 11.0. The number of hydrogen-bond donors (Lipinski definition) is 1. The van der Waals surface area contributed by atoms with Crippen LogP contribution in [0.5, 0.6) is 5.75 Å². The number of aliphatic hydroxyl groups is 1. The average Bonchev–Trinajstić information content (AvgIpc) is 3.06. The molecule has 1 saturated heterocycles. The van der Waals surface area contributed by atoms with Gasteiger partial charge >= 0.3 is 0 Å². The number of hydrogen-bond acceptors (Lipinski definition) is 4. The van der Waals surface area contributed by atoms with Crippen LogP contribution in [0.15, 0.2) is 72.3 Å². The Morgan fingerprint density at radius 2 is 1.70 bits per heavy atom. The van der Waals surface area contributed by atoms with Crippen LogP contribution in [0.3, 0.4) is 0 Å². The van der Waals surface area contributed by atoms with E-state index in [4.69, 9.17) is 4.74 Å². The van der Waals surface area contributed by atoms with Crippen molar-refractivity contribution in [3.8, 4) is 5.75 Å². The third kappa shape index (κ3) is 4.14. The second kappa shape index (κ2) is 8.94. The summed E-state index contributed by atoms with van der Waals surface area (Å²) in [6.45, 7) is 8.24. The van der Waals surface area contributed by atoms with E-state index >= 15 is 0 Å². The van der Waals surface area contributed by atoms with E-state index in [-0.39, 0.29) is 11.3 Å². The van der Waals surface area contributed by atoms with Crippen molar-refractivity contribution in [2.75, 3.05) is 11.5 Å². The van der Waals surface area contributed by atoms with E-state index in [2.05, 4.69) is 0 Å². The van der Waals surface area contributed by atoms with Crippen molar-refractivity contribution in [1.29, 1.82) is 0 Å². The molecule has 0 bridgehead atoms. The summed E-state index contributed by atoms with van der Waals surface area (Å²) in [7, 11) is 0. The zero-order valence-electron chi connectivity index (χ0n) is 19.3. The van der Waals surface area contributed by atoms with Crippen LogP contribution in [0.4, 0.5) is 5.69 Å². The van der Waals surface area contributed by atoms with E-state index in [0.717, 1.165) is 16.7 Å². The van der Waals surface area contributed by atoms with Crippen LogP contribution in [0, 0.1) is 20.8 Å². The summed E-state index contributed by atoms with van der Waals surface area (Å²) < 4.78 is 5.66. The van der Waals surface area contributed by atoms with Crippen LogP contribution in [-0.4, -0.2) is 23.4 Å². The number of nitrogens with zero attached hydrogens (tertiary/aromatic N) is 1. The normalized spacial score (nSPS) is 17.5. The lowest BCUT2D eigenvalue weighted by Gasteiger charge is -2.26. The fourth-order valence-electron chi connectivity index (χ4n) is 4.18. The number of Topliss-reactive ketones (excluding diaryl/α,β-unsaturated/α-hetero) is 1. The van der Waals surface area contributed by atoms with Gasteiger partial charge < -0.3 is 9.84 Å². The van der Waals surface area contributed by atoms with Gasteiger partial charge in [0.15, 0.2) is 0 Å². The molecule has 5 nitrogen and oxygen atoms in total. The van der Waals surface area contributed by atoms with E-state index in [1.807, 2.05) is 82.3 Å². The quantitative estimate of drug-likeness (QED) is 0.316. The maximum Gasteiger partial charge on any atom is 0.300 e. The van der Waals surface area contributed by atoms with Gasteiger partial charge in [0.1, 0.15) is 11.5 Å². The number of aryl methyl sites for hydroxylation is 3. The minimum Gasteiger partial charge on any atom is -0.507 e. The molecule has 3 aromatic rings. The van der Waals surface area contributed by atoms with E-state index in [1.54, 1.807) is 12.1 Å². The van der Waals surface area contributed by atoms with Crippen molar-refractivity contribution in [1.82, 2.24) is 0 Å². The van der Waals surface area contributed by atoms with Crippen molar-refractivity contribution in [3.05, 3.63) is 100 Å². The largest absolute Gasteiger partial charge is 0.507 e. The molecule has 0 aliphatic carbocycles. The van der Waals surface area contributed by atoms with Crippen molar-refractivity contribution < 1.29 is 19.4 Å². The average molecular weight is 442 g/mol. The number of carbonyl (C=O) groups is 2. The molecular weight excluding hydrogens is 414 g/mol. The summed E-state index contributed by atoms with van der Waals surface area (Å²) in [5.41, 5.74) is 4.89. The second-order valence-electron chi connectivity index (χ2n) is 8.31. The highest BCUT2D eigenvalue weighted by atomic mass is 16.5. The van der Waals surface area contributed by atoms with Gasteiger partial charge in [0.2, 0.25) is 0 Å². The number of benzene rings is 3. The molecule has 33 heavy (non-hydrogen) atoms. The highest BCUT2D eigenvalue weighted by Crippen LogP contribution is 2.43. The monoisotopic (exact) mass is 441 g/mol. The Hall–Kier alpha value is -3.86. The number of ether oxygens (including phenoxy) is 1. The van der Waals surface area contributed by atoms with Crippen LogP contribution in [0.1, 0.15) is 40.8 Å². The number of carbonyl (C=O) groups excluding carboxylic acids is 2. The summed E-state index contributed by atoms with van der Waals surface area (Å²) in [5.74, 6) is -0.925. The van der Waals surface area contributed by atoms with Gasteiger partial charge in [-0.3, -0.25) is 14.5 Å². The molecule has 1 aliphatic heterocycles. The van der Waals surface area contributed by atoms with Gasteiger partial charge in [-0.15, -0.1) is 0 Å². The Balaban J connectivity index is 1.96. The van der Waals surface area contributed by atoms with Gasteiger partial charge in [0, 0.05) is 11.3 Å². The van der Waals surface area contributed by atoms with Crippen molar-refractivity contribution in [3.63, 3.8) is 0 Å². The number of amides is 1. The van der Waals surface area contributed by atoms with Crippen LogP contribution in [0.2, 0.25) is 0 Å². The van der Waals surface area contributed by atoms with Crippen molar-refractivity contribution in [2.45, 2.75) is 33.7 Å². The molecule has 1 N–H and O–H groups in total. The first kappa shape index (κ1) is 22.3. The molecule has 0 saturated carbocycles. The lowest BCUT2D eigenvalue weighted by molar-refractivity contribution is -0.132. The summed E-state index contributed by atoms with van der Waals surface area (Å²) >= 11 is 0. The van der Waals surface area contributed by atoms with Gasteiger partial charge in [-0.25, -0.2) is 0 Å². The summed E-state index contributed by atoms with van der Waals surface area (Å²) in [5, 5.41) is 11.3. The van der Waals surface area contributed by atoms with Crippen LogP contribution in [-0.2, 0) is 9.59 Å². The van der Waals surface area contributed by atoms with Gasteiger partial charge in [0.25, 0.3) is 11.7 Å². The number of ketones is 1. The van der Waals surface area contributed by atoms with E-state index in [1.165, 1.54) is 4.90 Å². The maximum absolute atomic E-state index is 13.3. The third-order valence-electron chi connectivity index (χ3n) is 5.99. The molecule has 1 fully saturated rings. The first-order valence-electron chi connectivity index (χ1n) is 11.0. The van der Waals surface area contributed by atoms with Gasteiger partial charge in [-0.05, 0) is 80.3 Å². The Bertz CT molecular complexity index is 1270. The molecule has 0 spiro atoms. The lowest BCUT2D eigenvalue weighted by Crippen LogP contribution is -2.29. The minimum atomic E-state index is -0.784.